The third kappa shape index (κ3) is 4.53. The van der Waals surface area contributed by atoms with E-state index in [1.165, 1.54) is 0 Å². The first-order chi connectivity index (χ1) is 8.45. The molecule has 0 radical (unpaired) electrons. The molecular weight excluding hydrogens is 226 g/mol. The maximum atomic E-state index is 5.76. The fourth-order valence-electron chi connectivity index (χ4n) is 1.23. The van der Waals surface area contributed by atoms with E-state index in [-0.39, 0.29) is 5.54 Å². The zero-order chi connectivity index (χ0) is 13.6. The van der Waals surface area contributed by atoms with E-state index < -0.39 is 0 Å². The summed E-state index contributed by atoms with van der Waals surface area (Å²) in [5, 5.41) is 3.25. The Labute approximate surface area is 110 Å². The normalized spacial score (nSPS) is 11.7. The number of pyridine rings is 1. The van der Waals surface area contributed by atoms with Gasteiger partial charge in [-0.3, -0.25) is 0 Å². The average molecular weight is 251 g/mol. The Balaban J connectivity index is 2.57. The zero-order valence-corrected chi connectivity index (χ0v) is 12.2. The summed E-state index contributed by atoms with van der Waals surface area (Å²) in [4.78, 5) is 6.57. The molecular formula is C14H25N3O. The smallest absolute Gasteiger partial charge is 0.215 e. The predicted molar refractivity (Wildman–Crippen MR) is 76.3 cm³/mol. The summed E-state index contributed by atoms with van der Waals surface area (Å²) in [7, 11) is 4.10. The van der Waals surface area contributed by atoms with Gasteiger partial charge in [-0.1, -0.05) is 13.0 Å². The minimum atomic E-state index is -0.00542. The molecule has 1 heterocycles. The third-order valence-corrected chi connectivity index (χ3v) is 3.06. The summed E-state index contributed by atoms with van der Waals surface area (Å²) in [5.41, 5.74) is -0.00542. The molecule has 0 unspecified atom stereocenters. The number of nitrogens with one attached hydrogen (secondary N) is 1. The number of ether oxygens (including phenoxy) is 1. The molecule has 0 aromatic carbocycles. The minimum absolute atomic E-state index is 0.00542. The summed E-state index contributed by atoms with van der Waals surface area (Å²) >= 11 is 0. The molecule has 1 N–H and O–H groups in total. The lowest BCUT2D eigenvalue weighted by Gasteiger charge is -2.31. The third-order valence-electron chi connectivity index (χ3n) is 3.06. The van der Waals surface area contributed by atoms with Crippen molar-refractivity contribution < 1.29 is 4.74 Å². The molecule has 0 saturated heterocycles. The van der Waals surface area contributed by atoms with Gasteiger partial charge in [-0.05, 0) is 40.4 Å². The van der Waals surface area contributed by atoms with E-state index in [9.17, 15) is 0 Å². The lowest BCUT2D eigenvalue weighted by molar-refractivity contribution is 0.111. The Morgan fingerprint density at radius 1 is 1.33 bits per heavy atom. The van der Waals surface area contributed by atoms with Crippen molar-refractivity contribution in [3.8, 4) is 5.88 Å². The van der Waals surface area contributed by atoms with Crippen LogP contribution < -0.4 is 10.1 Å². The molecule has 0 bridgehead atoms. The van der Waals surface area contributed by atoms with Crippen molar-refractivity contribution >= 4 is 5.82 Å². The van der Waals surface area contributed by atoms with Gasteiger partial charge in [0.25, 0.3) is 0 Å². The van der Waals surface area contributed by atoms with Gasteiger partial charge in [-0.15, -0.1) is 0 Å². The second-order valence-electron chi connectivity index (χ2n) is 5.28. The van der Waals surface area contributed by atoms with Crippen LogP contribution in [0.2, 0.25) is 0 Å². The highest BCUT2D eigenvalue weighted by atomic mass is 16.5. The van der Waals surface area contributed by atoms with E-state index in [2.05, 4.69) is 50.1 Å². The molecule has 4 nitrogen and oxygen atoms in total. The number of rotatable bonds is 7. The SMILES string of the molecule is CCCNc1cccc(OCC(C)(C)N(C)C)n1. The fraction of sp³-hybridized carbons (Fsp3) is 0.643. The molecule has 102 valence electrons. The summed E-state index contributed by atoms with van der Waals surface area (Å²) in [6.07, 6.45) is 1.08. The molecule has 1 aromatic heterocycles. The number of hydrogen-bond donors (Lipinski definition) is 1. The minimum Gasteiger partial charge on any atom is -0.476 e. The van der Waals surface area contributed by atoms with Crippen LogP contribution >= 0.6 is 0 Å². The molecule has 0 aliphatic rings. The first-order valence-electron chi connectivity index (χ1n) is 6.47. The predicted octanol–water partition coefficient (Wildman–Crippen LogP) is 2.62. The Morgan fingerprint density at radius 3 is 2.67 bits per heavy atom. The number of anilines is 1. The molecule has 0 aliphatic heterocycles. The van der Waals surface area contributed by atoms with Gasteiger partial charge in [0.15, 0.2) is 0 Å². The summed E-state index contributed by atoms with van der Waals surface area (Å²) in [6.45, 7) is 7.97. The maximum Gasteiger partial charge on any atom is 0.215 e. The molecule has 0 atom stereocenters. The van der Waals surface area contributed by atoms with E-state index in [4.69, 9.17) is 4.74 Å². The van der Waals surface area contributed by atoms with Crippen LogP contribution in [-0.2, 0) is 0 Å². The molecule has 0 spiro atoms. The first kappa shape index (κ1) is 14.8. The highest BCUT2D eigenvalue weighted by molar-refractivity contribution is 5.36. The number of nitrogens with zero attached hydrogens (tertiary/aromatic N) is 2. The van der Waals surface area contributed by atoms with E-state index in [1.54, 1.807) is 0 Å². The van der Waals surface area contributed by atoms with Gasteiger partial charge in [0.1, 0.15) is 12.4 Å². The van der Waals surface area contributed by atoms with Gasteiger partial charge in [-0.2, -0.15) is 4.98 Å². The number of likely N-dealkylation sites (N-methyl/N-ethyl adjacent to an activating group) is 1. The van der Waals surface area contributed by atoms with Crippen molar-refractivity contribution in [1.82, 2.24) is 9.88 Å². The quantitative estimate of drug-likeness (QED) is 0.808. The van der Waals surface area contributed by atoms with Gasteiger partial charge in [-0.25, -0.2) is 0 Å². The van der Waals surface area contributed by atoms with E-state index in [1.807, 2.05) is 18.2 Å². The molecule has 1 rings (SSSR count). The average Bonchev–Trinajstić information content (AvgIpc) is 2.34. The van der Waals surface area contributed by atoms with Crippen LogP contribution in [0.25, 0.3) is 0 Å². The van der Waals surface area contributed by atoms with Gasteiger partial charge < -0.3 is 15.0 Å². The Hall–Kier alpha value is -1.29. The van der Waals surface area contributed by atoms with Gasteiger partial charge in [0, 0.05) is 18.2 Å². The second-order valence-corrected chi connectivity index (χ2v) is 5.28. The maximum absolute atomic E-state index is 5.76. The Bertz CT molecular complexity index is 364. The lowest BCUT2D eigenvalue weighted by atomic mass is 10.1. The highest BCUT2D eigenvalue weighted by Gasteiger charge is 2.21. The Morgan fingerprint density at radius 2 is 2.06 bits per heavy atom. The molecule has 1 aromatic rings. The molecule has 0 aliphatic carbocycles. The van der Waals surface area contributed by atoms with Gasteiger partial charge >= 0.3 is 0 Å². The fourth-order valence-corrected chi connectivity index (χ4v) is 1.23. The zero-order valence-electron chi connectivity index (χ0n) is 12.2. The van der Waals surface area contributed by atoms with Crippen LogP contribution in [0.15, 0.2) is 18.2 Å². The van der Waals surface area contributed by atoms with Crippen molar-refractivity contribution in [2.24, 2.45) is 0 Å². The van der Waals surface area contributed by atoms with Crippen LogP contribution in [0.3, 0.4) is 0 Å². The van der Waals surface area contributed by atoms with Gasteiger partial charge in [0.05, 0.1) is 0 Å². The first-order valence-corrected chi connectivity index (χ1v) is 6.47. The molecule has 18 heavy (non-hydrogen) atoms. The van der Waals surface area contributed by atoms with Crippen molar-refractivity contribution in [3.63, 3.8) is 0 Å². The van der Waals surface area contributed by atoms with Crippen LogP contribution in [0.4, 0.5) is 5.82 Å². The van der Waals surface area contributed by atoms with Crippen LogP contribution in [0, 0.1) is 0 Å². The standard InChI is InChI=1S/C14H25N3O/c1-6-10-15-12-8-7-9-13(16-12)18-11-14(2,3)17(4)5/h7-9H,6,10-11H2,1-5H3,(H,15,16). The molecule has 0 saturated carbocycles. The molecule has 0 amide bonds. The van der Waals surface area contributed by atoms with Crippen LogP contribution in [0.5, 0.6) is 5.88 Å². The second kappa shape index (κ2) is 6.59. The lowest BCUT2D eigenvalue weighted by Crippen LogP contribution is -2.43. The Kier molecular flexibility index (Phi) is 5.41. The van der Waals surface area contributed by atoms with Crippen molar-refractivity contribution in [2.45, 2.75) is 32.7 Å². The molecule has 0 fully saturated rings. The number of hydrogen-bond acceptors (Lipinski definition) is 4. The summed E-state index contributed by atoms with van der Waals surface area (Å²) in [6, 6.07) is 5.81. The van der Waals surface area contributed by atoms with E-state index in [0.717, 1.165) is 18.8 Å². The number of aromatic nitrogens is 1. The van der Waals surface area contributed by atoms with Crippen LogP contribution in [0.1, 0.15) is 27.2 Å². The van der Waals surface area contributed by atoms with E-state index >= 15 is 0 Å². The van der Waals surface area contributed by atoms with E-state index in [0.29, 0.717) is 12.5 Å². The summed E-state index contributed by atoms with van der Waals surface area (Å²) < 4.78 is 5.76. The van der Waals surface area contributed by atoms with Crippen LogP contribution in [-0.4, -0.2) is 42.7 Å². The van der Waals surface area contributed by atoms with Crippen molar-refractivity contribution in [3.05, 3.63) is 18.2 Å². The largest absolute Gasteiger partial charge is 0.476 e. The van der Waals surface area contributed by atoms with Crippen molar-refractivity contribution in [1.29, 1.82) is 0 Å². The summed E-state index contributed by atoms with van der Waals surface area (Å²) in [5.74, 6) is 1.54. The van der Waals surface area contributed by atoms with Crippen molar-refractivity contribution in [2.75, 3.05) is 32.6 Å². The monoisotopic (exact) mass is 251 g/mol. The topological polar surface area (TPSA) is 37.4 Å². The van der Waals surface area contributed by atoms with Gasteiger partial charge in [0.2, 0.25) is 5.88 Å². The molecule has 4 heteroatoms. The highest BCUT2D eigenvalue weighted by Crippen LogP contribution is 2.15.